The van der Waals surface area contributed by atoms with Gasteiger partial charge in [0.2, 0.25) is 0 Å². The minimum atomic E-state index is -0.162. The minimum Gasteiger partial charge on any atom is -0.377 e. The highest BCUT2D eigenvalue weighted by Crippen LogP contribution is 2.24. The van der Waals surface area contributed by atoms with Gasteiger partial charge in [-0.05, 0) is 25.1 Å². The number of hydrogen-bond donors (Lipinski definition) is 1. The van der Waals surface area contributed by atoms with Gasteiger partial charge in [0, 0.05) is 24.6 Å². The quantitative estimate of drug-likeness (QED) is 0.779. The van der Waals surface area contributed by atoms with E-state index in [1.807, 2.05) is 35.6 Å². The molecule has 3 aromatic heterocycles. The lowest BCUT2D eigenvalue weighted by Gasteiger charge is -2.34. The van der Waals surface area contributed by atoms with Crippen molar-refractivity contribution in [3.63, 3.8) is 0 Å². The second-order valence-corrected chi connectivity index (χ2v) is 5.62. The minimum absolute atomic E-state index is 0.0870. The first-order valence-electron chi connectivity index (χ1n) is 7.57. The Bertz CT molecular complexity index is 839. The van der Waals surface area contributed by atoms with Crippen molar-refractivity contribution >= 4 is 11.6 Å². The lowest BCUT2D eigenvalue weighted by molar-refractivity contribution is -0.00418. The Balaban J connectivity index is 1.69. The molecule has 0 spiro atoms. The zero-order valence-electron chi connectivity index (χ0n) is 12.8. The van der Waals surface area contributed by atoms with Gasteiger partial charge in [0.25, 0.3) is 5.91 Å². The second kappa shape index (κ2) is 5.51. The van der Waals surface area contributed by atoms with E-state index in [1.165, 1.54) is 0 Å². The lowest BCUT2D eigenvalue weighted by Crippen LogP contribution is -2.43. The molecule has 1 fully saturated rings. The molecule has 1 saturated heterocycles. The number of nitrogens with one attached hydrogen (secondary N) is 1. The highest BCUT2D eigenvalue weighted by Gasteiger charge is 2.31. The summed E-state index contributed by atoms with van der Waals surface area (Å²) in [7, 11) is 0. The van der Waals surface area contributed by atoms with E-state index in [0.717, 1.165) is 17.0 Å². The van der Waals surface area contributed by atoms with Gasteiger partial charge in [-0.3, -0.25) is 9.89 Å². The Kier molecular flexibility index (Phi) is 3.34. The number of pyridine rings is 1. The maximum absolute atomic E-state index is 12.9. The molecule has 1 N–H and O–H groups in total. The van der Waals surface area contributed by atoms with Crippen LogP contribution >= 0.6 is 0 Å². The molecular formula is C16H17N5O2. The second-order valence-electron chi connectivity index (χ2n) is 5.62. The first-order chi connectivity index (χ1) is 11.2. The third-order valence-corrected chi connectivity index (χ3v) is 4.19. The maximum Gasteiger partial charge on any atom is 0.274 e. The van der Waals surface area contributed by atoms with Crippen LogP contribution < -0.4 is 0 Å². The summed E-state index contributed by atoms with van der Waals surface area (Å²) >= 11 is 0. The summed E-state index contributed by atoms with van der Waals surface area (Å²) in [5.74, 6) is -0.0870. The first kappa shape index (κ1) is 14.0. The lowest BCUT2D eigenvalue weighted by atomic mass is 10.1. The van der Waals surface area contributed by atoms with Gasteiger partial charge in [0.15, 0.2) is 0 Å². The van der Waals surface area contributed by atoms with Gasteiger partial charge in [-0.25, -0.2) is 4.98 Å². The topological polar surface area (TPSA) is 75.5 Å². The number of aromatic nitrogens is 4. The number of hydrogen-bond acceptors (Lipinski definition) is 4. The van der Waals surface area contributed by atoms with E-state index in [4.69, 9.17) is 4.74 Å². The van der Waals surface area contributed by atoms with Gasteiger partial charge in [0.1, 0.15) is 11.3 Å². The summed E-state index contributed by atoms with van der Waals surface area (Å²) < 4.78 is 7.46. The molecule has 1 amide bonds. The van der Waals surface area contributed by atoms with E-state index in [-0.39, 0.29) is 11.9 Å². The maximum atomic E-state index is 12.9. The van der Waals surface area contributed by atoms with Gasteiger partial charge < -0.3 is 14.0 Å². The number of amides is 1. The van der Waals surface area contributed by atoms with Crippen LogP contribution in [-0.4, -0.2) is 50.1 Å². The SMILES string of the molecule is Cc1cccc2nc(C(=O)N3CCOCC3c3ccn[nH]3)cn12. The van der Waals surface area contributed by atoms with Crippen molar-refractivity contribution in [1.29, 1.82) is 0 Å². The number of ether oxygens (including phenoxy) is 1. The molecule has 118 valence electrons. The number of fused-ring (bicyclic) bond motifs is 1. The average molecular weight is 311 g/mol. The van der Waals surface area contributed by atoms with Crippen molar-refractivity contribution in [2.45, 2.75) is 13.0 Å². The summed E-state index contributed by atoms with van der Waals surface area (Å²) in [6, 6.07) is 7.53. The Morgan fingerprint density at radius 2 is 2.30 bits per heavy atom. The number of aromatic amines is 1. The molecule has 7 nitrogen and oxygen atoms in total. The van der Waals surface area contributed by atoms with Crippen LogP contribution in [0.15, 0.2) is 36.7 Å². The number of carbonyl (C=O) groups is 1. The fourth-order valence-electron chi connectivity index (χ4n) is 2.96. The summed E-state index contributed by atoms with van der Waals surface area (Å²) in [6.07, 6.45) is 3.48. The number of H-pyrrole nitrogens is 1. The normalized spacial score (nSPS) is 18.5. The number of nitrogens with zero attached hydrogens (tertiary/aromatic N) is 4. The number of imidazole rings is 1. The third kappa shape index (κ3) is 2.39. The zero-order valence-corrected chi connectivity index (χ0v) is 12.8. The van der Waals surface area contributed by atoms with Crippen LogP contribution in [0.4, 0.5) is 0 Å². The molecule has 0 saturated carbocycles. The van der Waals surface area contributed by atoms with Crippen LogP contribution in [0.2, 0.25) is 0 Å². The van der Waals surface area contributed by atoms with E-state index in [2.05, 4.69) is 15.2 Å². The van der Waals surface area contributed by atoms with Crippen LogP contribution in [0.5, 0.6) is 0 Å². The standard InChI is InChI=1S/C16H17N5O2/c1-11-3-2-4-15-18-13(9-21(11)15)16(22)20-7-8-23-10-14(20)12-5-6-17-19-12/h2-6,9,14H,7-8,10H2,1H3,(H,17,19). The highest BCUT2D eigenvalue weighted by molar-refractivity contribution is 5.93. The monoisotopic (exact) mass is 311 g/mol. The van der Waals surface area contributed by atoms with Crippen molar-refractivity contribution in [3.05, 3.63) is 53.7 Å². The number of rotatable bonds is 2. The molecule has 1 aliphatic rings. The van der Waals surface area contributed by atoms with Crippen molar-refractivity contribution in [1.82, 2.24) is 24.5 Å². The fraction of sp³-hybridized carbons (Fsp3) is 0.312. The molecule has 4 heterocycles. The zero-order chi connectivity index (χ0) is 15.8. The van der Waals surface area contributed by atoms with Crippen LogP contribution in [0.25, 0.3) is 5.65 Å². The van der Waals surface area contributed by atoms with Gasteiger partial charge in [-0.15, -0.1) is 0 Å². The van der Waals surface area contributed by atoms with Crippen molar-refractivity contribution < 1.29 is 9.53 Å². The highest BCUT2D eigenvalue weighted by atomic mass is 16.5. The van der Waals surface area contributed by atoms with E-state index in [1.54, 1.807) is 17.3 Å². The summed E-state index contributed by atoms with van der Waals surface area (Å²) in [5.41, 5.74) is 3.14. The smallest absolute Gasteiger partial charge is 0.274 e. The molecule has 4 rings (SSSR count). The van der Waals surface area contributed by atoms with Crippen LogP contribution in [0.1, 0.15) is 27.9 Å². The van der Waals surface area contributed by atoms with Crippen molar-refractivity contribution in [3.8, 4) is 0 Å². The Hall–Kier alpha value is -2.67. The predicted octanol–water partition coefficient (Wildman–Crippen LogP) is 1.58. The molecule has 1 unspecified atom stereocenters. The van der Waals surface area contributed by atoms with Gasteiger partial charge in [-0.1, -0.05) is 6.07 Å². The number of carbonyl (C=O) groups excluding carboxylic acids is 1. The van der Waals surface area contributed by atoms with E-state index < -0.39 is 0 Å². The van der Waals surface area contributed by atoms with Crippen molar-refractivity contribution in [2.75, 3.05) is 19.8 Å². The number of aryl methyl sites for hydroxylation is 1. The molecule has 7 heteroatoms. The Labute approximate surface area is 132 Å². The summed E-state index contributed by atoms with van der Waals surface area (Å²) in [5, 5.41) is 6.90. The Morgan fingerprint density at radius 3 is 3.09 bits per heavy atom. The summed E-state index contributed by atoms with van der Waals surface area (Å²) in [4.78, 5) is 19.2. The largest absolute Gasteiger partial charge is 0.377 e. The van der Waals surface area contributed by atoms with E-state index in [0.29, 0.717) is 25.5 Å². The van der Waals surface area contributed by atoms with E-state index in [9.17, 15) is 4.79 Å². The molecular weight excluding hydrogens is 294 g/mol. The average Bonchev–Trinajstić information content (AvgIpc) is 3.24. The number of morpholine rings is 1. The molecule has 0 bridgehead atoms. The molecule has 0 aromatic carbocycles. The van der Waals surface area contributed by atoms with Gasteiger partial charge in [-0.2, -0.15) is 5.10 Å². The first-order valence-corrected chi connectivity index (χ1v) is 7.57. The summed E-state index contributed by atoms with van der Waals surface area (Å²) in [6.45, 7) is 3.52. The van der Waals surface area contributed by atoms with Crippen LogP contribution in [0.3, 0.4) is 0 Å². The fourth-order valence-corrected chi connectivity index (χ4v) is 2.96. The van der Waals surface area contributed by atoms with Crippen LogP contribution in [0, 0.1) is 6.92 Å². The molecule has 0 aliphatic carbocycles. The molecule has 1 aliphatic heterocycles. The van der Waals surface area contributed by atoms with Gasteiger partial charge >= 0.3 is 0 Å². The van der Waals surface area contributed by atoms with Crippen molar-refractivity contribution in [2.24, 2.45) is 0 Å². The third-order valence-electron chi connectivity index (χ3n) is 4.19. The molecule has 3 aromatic rings. The predicted molar refractivity (Wildman–Crippen MR) is 83.1 cm³/mol. The molecule has 23 heavy (non-hydrogen) atoms. The Morgan fingerprint density at radius 1 is 1.39 bits per heavy atom. The van der Waals surface area contributed by atoms with Crippen LogP contribution in [-0.2, 0) is 4.74 Å². The van der Waals surface area contributed by atoms with Gasteiger partial charge in [0.05, 0.1) is 24.9 Å². The van der Waals surface area contributed by atoms with E-state index >= 15 is 0 Å². The molecule has 1 atom stereocenters. The molecule has 0 radical (unpaired) electrons.